The van der Waals surface area contributed by atoms with Crippen LogP contribution in [0.15, 0.2) is 12.4 Å². The second-order valence-corrected chi connectivity index (χ2v) is 3.72. The van der Waals surface area contributed by atoms with Crippen LogP contribution >= 0.6 is 0 Å². The molecule has 13 heavy (non-hydrogen) atoms. The van der Waals surface area contributed by atoms with E-state index in [-0.39, 0.29) is 5.41 Å². The molecule has 0 aliphatic rings. The van der Waals surface area contributed by atoms with Crippen LogP contribution in [0, 0.1) is 23.1 Å². The molecule has 0 fully saturated rings. The highest BCUT2D eigenvalue weighted by Gasteiger charge is 2.03. The van der Waals surface area contributed by atoms with Gasteiger partial charge in [-0.1, -0.05) is 5.92 Å². The molecule has 0 aromatic carbocycles. The average molecular weight is 178 g/mol. The molecule has 0 amide bonds. The first kappa shape index (κ1) is 9.66. The third kappa shape index (κ3) is 3.66. The third-order valence-corrected chi connectivity index (χ3v) is 1.17. The lowest BCUT2D eigenvalue weighted by Crippen LogP contribution is -2.00. The van der Waals surface area contributed by atoms with Crippen LogP contribution in [0.1, 0.15) is 26.6 Å². The maximum atomic E-state index is 12.4. The van der Waals surface area contributed by atoms with Crippen molar-refractivity contribution < 1.29 is 4.39 Å². The van der Waals surface area contributed by atoms with Crippen LogP contribution in [-0.2, 0) is 0 Å². The fourth-order valence-electron chi connectivity index (χ4n) is 0.620. The second-order valence-electron chi connectivity index (χ2n) is 3.72. The minimum absolute atomic E-state index is 0.0856. The summed E-state index contributed by atoms with van der Waals surface area (Å²) in [7, 11) is 0. The zero-order valence-corrected chi connectivity index (χ0v) is 7.93. The summed E-state index contributed by atoms with van der Waals surface area (Å²) in [5.41, 5.74) is -0.0856. The first-order valence-electron chi connectivity index (χ1n) is 3.98. The van der Waals surface area contributed by atoms with Gasteiger partial charge < -0.3 is 0 Å². The van der Waals surface area contributed by atoms with E-state index in [9.17, 15) is 4.39 Å². The van der Waals surface area contributed by atoms with E-state index in [1.807, 2.05) is 20.8 Å². The van der Waals surface area contributed by atoms with Gasteiger partial charge in [0.2, 0.25) is 5.82 Å². The van der Waals surface area contributed by atoms with Gasteiger partial charge in [0.1, 0.15) is 0 Å². The summed E-state index contributed by atoms with van der Waals surface area (Å²) in [6, 6.07) is 0. The predicted octanol–water partition coefficient (Wildman–Crippen LogP) is 2.01. The first-order chi connectivity index (χ1) is 5.97. The predicted molar refractivity (Wildman–Crippen MR) is 48.3 cm³/mol. The number of aromatic nitrogens is 2. The molecule has 0 spiro atoms. The van der Waals surface area contributed by atoms with Gasteiger partial charge in [0, 0.05) is 5.41 Å². The minimum Gasteiger partial charge on any atom is -0.226 e. The molecule has 0 radical (unpaired) electrons. The highest BCUT2D eigenvalue weighted by atomic mass is 19.1. The SMILES string of the molecule is CC(C)(C)C#Cc1ncc(F)cn1. The van der Waals surface area contributed by atoms with Crippen LogP contribution in [-0.4, -0.2) is 9.97 Å². The highest BCUT2D eigenvalue weighted by molar-refractivity contribution is 5.22. The molecule has 0 unspecified atom stereocenters. The quantitative estimate of drug-likeness (QED) is 0.568. The second kappa shape index (κ2) is 3.53. The first-order valence-corrected chi connectivity index (χ1v) is 3.98. The fraction of sp³-hybridized carbons (Fsp3) is 0.400. The number of halogens is 1. The maximum Gasteiger partial charge on any atom is 0.205 e. The lowest BCUT2D eigenvalue weighted by Gasteiger charge is -2.06. The molecule has 0 saturated carbocycles. The van der Waals surface area contributed by atoms with Crippen LogP contribution in [0.3, 0.4) is 0 Å². The average Bonchev–Trinajstić information content (AvgIpc) is 2.02. The van der Waals surface area contributed by atoms with Gasteiger partial charge in [-0.3, -0.25) is 0 Å². The number of rotatable bonds is 0. The Kier molecular flexibility index (Phi) is 2.62. The summed E-state index contributed by atoms with van der Waals surface area (Å²) in [5, 5.41) is 0. The normalized spacial score (nSPS) is 10.5. The highest BCUT2D eigenvalue weighted by Crippen LogP contribution is 2.09. The zero-order valence-electron chi connectivity index (χ0n) is 7.93. The lowest BCUT2D eigenvalue weighted by molar-refractivity contribution is 0.570. The third-order valence-electron chi connectivity index (χ3n) is 1.17. The monoisotopic (exact) mass is 178 g/mol. The topological polar surface area (TPSA) is 25.8 Å². The van der Waals surface area contributed by atoms with Crippen molar-refractivity contribution in [3.05, 3.63) is 24.0 Å². The van der Waals surface area contributed by atoms with E-state index in [0.29, 0.717) is 5.82 Å². The Labute approximate surface area is 77.2 Å². The van der Waals surface area contributed by atoms with Crippen molar-refractivity contribution in [3.8, 4) is 11.8 Å². The lowest BCUT2D eigenvalue weighted by atomic mass is 9.98. The van der Waals surface area contributed by atoms with Crippen molar-refractivity contribution in [2.24, 2.45) is 5.41 Å². The molecule has 2 nitrogen and oxygen atoms in total. The number of hydrogen-bond acceptors (Lipinski definition) is 2. The molecular weight excluding hydrogens is 167 g/mol. The van der Waals surface area contributed by atoms with Gasteiger partial charge in [0.05, 0.1) is 12.4 Å². The van der Waals surface area contributed by atoms with Gasteiger partial charge in [-0.15, -0.1) is 0 Å². The van der Waals surface area contributed by atoms with Gasteiger partial charge in [-0.2, -0.15) is 0 Å². The summed E-state index contributed by atoms with van der Waals surface area (Å²) in [5.74, 6) is 5.65. The minimum atomic E-state index is -0.443. The van der Waals surface area contributed by atoms with Crippen molar-refractivity contribution >= 4 is 0 Å². The molecule has 0 aliphatic carbocycles. The molecule has 0 N–H and O–H groups in total. The van der Waals surface area contributed by atoms with E-state index < -0.39 is 5.82 Å². The van der Waals surface area contributed by atoms with E-state index in [1.54, 1.807) is 0 Å². The Hall–Kier alpha value is -1.43. The summed E-state index contributed by atoms with van der Waals surface area (Å²) < 4.78 is 12.4. The van der Waals surface area contributed by atoms with Crippen LogP contribution in [0.2, 0.25) is 0 Å². The van der Waals surface area contributed by atoms with E-state index in [2.05, 4.69) is 21.8 Å². The molecule has 1 aromatic heterocycles. The number of hydrogen-bond donors (Lipinski definition) is 0. The molecule has 0 saturated heterocycles. The molecule has 0 bridgehead atoms. The van der Waals surface area contributed by atoms with Crippen LogP contribution < -0.4 is 0 Å². The molecule has 0 atom stereocenters. The Morgan fingerprint density at radius 1 is 1.23 bits per heavy atom. The van der Waals surface area contributed by atoms with Gasteiger partial charge in [0.25, 0.3) is 0 Å². The van der Waals surface area contributed by atoms with E-state index in [4.69, 9.17) is 0 Å². The summed E-state index contributed by atoms with van der Waals surface area (Å²) in [6.45, 7) is 5.97. The summed E-state index contributed by atoms with van der Waals surface area (Å²) >= 11 is 0. The standard InChI is InChI=1S/C10H11FN2/c1-10(2,3)5-4-9-12-6-8(11)7-13-9/h6-7H,1-3H3. The Balaban J connectivity index is 2.85. The van der Waals surface area contributed by atoms with Crippen molar-refractivity contribution in [1.82, 2.24) is 9.97 Å². The van der Waals surface area contributed by atoms with Gasteiger partial charge in [-0.05, 0) is 26.7 Å². The van der Waals surface area contributed by atoms with E-state index >= 15 is 0 Å². The van der Waals surface area contributed by atoms with Crippen LogP contribution in [0.25, 0.3) is 0 Å². The summed E-state index contributed by atoms with van der Waals surface area (Å²) in [6.07, 6.45) is 2.22. The molecule has 1 aromatic rings. The molecule has 1 heterocycles. The van der Waals surface area contributed by atoms with Crippen LogP contribution in [0.4, 0.5) is 4.39 Å². The van der Waals surface area contributed by atoms with Crippen molar-refractivity contribution in [1.29, 1.82) is 0 Å². The van der Waals surface area contributed by atoms with Gasteiger partial charge >= 0.3 is 0 Å². The molecular formula is C10H11FN2. The molecule has 68 valence electrons. The van der Waals surface area contributed by atoms with Crippen molar-refractivity contribution in [2.75, 3.05) is 0 Å². The van der Waals surface area contributed by atoms with E-state index in [0.717, 1.165) is 12.4 Å². The Morgan fingerprint density at radius 2 is 1.77 bits per heavy atom. The van der Waals surface area contributed by atoms with Crippen molar-refractivity contribution in [2.45, 2.75) is 20.8 Å². The smallest absolute Gasteiger partial charge is 0.205 e. The Morgan fingerprint density at radius 3 is 2.23 bits per heavy atom. The largest absolute Gasteiger partial charge is 0.226 e. The molecule has 1 rings (SSSR count). The van der Waals surface area contributed by atoms with Crippen molar-refractivity contribution in [3.63, 3.8) is 0 Å². The van der Waals surface area contributed by atoms with Gasteiger partial charge in [-0.25, -0.2) is 14.4 Å². The summed E-state index contributed by atoms with van der Waals surface area (Å²) in [4.78, 5) is 7.44. The number of nitrogens with zero attached hydrogens (tertiary/aromatic N) is 2. The van der Waals surface area contributed by atoms with E-state index in [1.165, 1.54) is 0 Å². The zero-order chi connectivity index (χ0) is 9.90. The fourth-order valence-corrected chi connectivity index (χ4v) is 0.620. The maximum absolute atomic E-state index is 12.4. The molecule has 3 heteroatoms. The van der Waals surface area contributed by atoms with Gasteiger partial charge in [0.15, 0.2) is 5.82 Å². The Bertz CT molecular complexity index is 338. The van der Waals surface area contributed by atoms with Crippen LogP contribution in [0.5, 0.6) is 0 Å². The molecule has 0 aliphatic heterocycles.